The summed E-state index contributed by atoms with van der Waals surface area (Å²) in [7, 11) is 0. The van der Waals surface area contributed by atoms with Gasteiger partial charge in [0.25, 0.3) is 0 Å². The molecule has 0 saturated heterocycles. The molecular weight excluding hydrogens is 266 g/mol. The van der Waals surface area contributed by atoms with E-state index in [1.54, 1.807) is 0 Å². The molecule has 0 bridgehead atoms. The predicted octanol–water partition coefficient (Wildman–Crippen LogP) is 3.34. The first-order valence-electron chi connectivity index (χ1n) is 5.81. The Kier molecular flexibility index (Phi) is 5.46. The molecule has 0 radical (unpaired) electrons. The number of halogens is 1. The maximum atomic E-state index is 9.65. The molecule has 0 aliphatic carbocycles. The zero-order valence-corrected chi connectivity index (χ0v) is 11.5. The Balaban J connectivity index is 2.99. The highest BCUT2D eigenvalue weighted by Crippen LogP contribution is 2.31. The molecule has 0 amide bonds. The molecule has 0 aliphatic rings. The molecule has 3 heteroatoms. The summed E-state index contributed by atoms with van der Waals surface area (Å²) < 4.78 is 1.08. The zero-order valence-electron chi connectivity index (χ0n) is 9.91. The monoisotopic (exact) mass is 285 g/mol. The molecule has 0 saturated carbocycles. The van der Waals surface area contributed by atoms with Crippen LogP contribution < -0.4 is 5.73 Å². The van der Waals surface area contributed by atoms with Gasteiger partial charge in [-0.25, -0.2) is 0 Å². The molecular formula is C13H20BrNO. The van der Waals surface area contributed by atoms with E-state index in [-0.39, 0.29) is 6.54 Å². The van der Waals surface area contributed by atoms with E-state index in [0.717, 1.165) is 22.9 Å². The maximum Gasteiger partial charge on any atom is 0.0912 e. The van der Waals surface area contributed by atoms with E-state index in [0.29, 0.717) is 5.92 Å². The Bertz CT molecular complexity index is 337. The normalized spacial score (nSPS) is 13.1. The van der Waals surface area contributed by atoms with Crippen molar-refractivity contribution in [2.75, 3.05) is 6.54 Å². The van der Waals surface area contributed by atoms with Crippen molar-refractivity contribution in [1.82, 2.24) is 0 Å². The van der Waals surface area contributed by atoms with Crippen LogP contribution in [0.1, 0.15) is 49.8 Å². The molecule has 1 rings (SSSR count). The van der Waals surface area contributed by atoms with Gasteiger partial charge in [0.05, 0.1) is 6.10 Å². The number of aliphatic hydroxyl groups excluding tert-OH is 1. The van der Waals surface area contributed by atoms with Crippen LogP contribution in [0.25, 0.3) is 0 Å². The van der Waals surface area contributed by atoms with Gasteiger partial charge in [-0.3, -0.25) is 0 Å². The van der Waals surface area contributed by atoms with E-state index in [9.17, 15) is 5.11 Å². The van der Waals surface area contributed by atoms with Gasteiger partial charge in [-0.1, -0.05) is 41.9 Å². The van der Waals surface area contributed by atoms with Crippen molar-refractivity contribution < 1.29 is 5.11 Å². The van der Waals surface area contributed by atoms with Gasteiger partial charge in [-0.2, -0.15) is 0 Å². The van der Waals surface area contributed by atoms with Crippen LogP contribution in [0, 0.1) is 0 Å². The van der Waals surface area contributed by atoms with Gasteiger partial charge in [0, 0.05) is 11.0 Å². The summed E-state index contributed by atoms with van der Waals surface area (Å²) in [5, 5.41) is 9.65. The number of hydrogen-bond donors (Lipinski definition) is 2. The number of rotatable bonds is 5. The lowest BCUT2D eigenvalue weighted by molar-refractivity contribution is 0.186. The Morgan fingerprint density at radius 1 is 1.31 bits per heavy atom. The first-order chi connectivity index (χ1) is 7.63. The molecule has 1 aromatic carbocycles. The van der Waals surface area contributed by atoms with Crippen LogP contribution in [0.5, 0.6) is 0 Å². The summed E-state index contributed by atoms with van der Waals surface area (Å²) in [6.45, 7) is 4.66. The van der Waals surface area contributed by atoms with Crippen molar-refractivity contribution in [3.63, 3.8) is 0 Å². The Morgan fingerprint density at radius 3 is 2.38 bits per heavy atom. The number of hydrogen-bond acceptors (Lipinski definition) is 2. The maximum absolute atomic E-state index is 9.65. The Hall–Kier alpha value is -0.380. The standard InChI is InChI=1S/C13H20BrNO/c1-3-9(4-2)11-6-5-10(7-12(11)14)13(16)8-15/h5-7,9,13,16H,3-4,8,15H2,1-2H3. The summed E-state index contributed by atoms with van der Waals surface area (Å²) in [5.74, 6) is 0.582. The number of benzene rings is 1. The van der Waals surface area contributed by atoms with Crippen LogP contribution in [0.2, 0.25) is 0 Å². The third-order valence-corrected chi connectivity index (χ3v) is 3.74. The molecule has 2 nitrogen and oxygen atoms in total. The second-order valence-electron chi connectivity index (χ2n) is 4.05. The smallest absolute Gasteiger partial charge is 0.0912 e. The summed E-state index contributed by atoms with van der Waals surface area (Å²) in [6, 6.07) is 6.04. The highest BCUT2D eigenvalue weighted by molar-refractivity contribution is 9.10. The second-order valence-corrected chi connectivity index (χ2v) is 4.90. The van der Waals surface area contributed by atoms with Crippen LogP contribution in [-0.2, 0) is 0 Å². The molecule has 0 heterocycles. The lowest BCUT2D eigenvalue weighted by atomic mass is 9.93. The summed E-state index contributed by atoms with van der Waals surface area (Å²) in [6.07, 6.45) is 1.70. The molecule has 3 N–H and O–H groups in total. The van der Waals surface area contributed by atoms with Gasteiger partial charge in [-0.05, 0) is 36.0 Å². The van der Waals surface area contributed by atoms with E-state index in [2.05, 4.69) is 35.8 Å². The highest BCUT2D eigenvalue weighted by atomic mass is 79.9. The minimum Gasteiger partial charge on any atom is -0.387 e. The van der Waals surface area contributed by atoms with Gasteiger partial charge >= 0.3 is 0 Å². The molecule has 0 spiro atoms. The minimum atomic E-state index is -0.563. The van der Waals surface area contributed by atoms with Crippen LogP contribution in [0.15, 0.2) is 22.7 Å². The highest BCUT2D eigenvalue weighted by Gasteiger charge is 2.13. The zero-order chi connectivity index (χ0) is 12.1. The molecule has 1 unspecified atom stereocenters. The predicted molar refractivity (Wildman–Crippen MR) is 71.5 cm³/mol. The topological polar surface area (TPSA) is 46.2 Å². The molecule has 0 aliphatic heterocycles. The van der Waals surface area contributed by atoms with E-state index in [1.165, 1.54) is 5.56 Å². The first kappa shape index (κ1) is 13.7. The molecule has 1 aromatic rings. The van der Waals surface area contributed by atoms with Gasteiger partial charge < -0.3 is 10.8 Å². The first-order valence-corrected chi connectivity index (χ1v) is 6.60. The SMILES string of the molecule is CCC(CC)c1ccc(C(O)CN)cc1Br. The van der Waals surface area contributed by atoms with Crippen molar-refractivity contribution in [3.05, 3.63) is 33.8 Å². The molecule has 0 fully saturated rings. The van der Waals surface area contributed by atoms with Gasteiger partial charge in [-0.15, -0.1) is 0 Å². The third kappa shape index (κ3) is 3.06. The quantitative estimate of drug-likeness (QED) is 0.872. The fourth-order valence-corrected chi connectivity index (χ4v) is 2.67. The largest absolute Gasteiger partial charge is 0.387 e. The van der Waals surface area contributed by atoms with Crippen molar-refractivity contribution in [3.8, 4) is 0 Å². The van der Waals surface area contributed by atoms with Gasteiger partial charge in [0.1, 0.15) is 0 Å². The van der Waals surface area contributed by atoms with Crippen molar-refractivity contribution in [1.29, 1.82) is 0 Å². The van der Waals surface area contributed by atoms with Gasteiger partial charge in [0.2, 0.25) is 0 Å². The van der Waals surface area contributed by atoms with E-state index in [4.69, 9.17) is 5.73 Å². The minimum absolute atomic E-state index is 0.261. The lowest BCUT2D eigenvalue weighted by Crippen LogP contribution is -2.11. The summed E-state index contributed by atoms with van der Waals surface area (Å²) >= 11 is 3.57. The van der Waals surface area contributed by atoms with Gasteiger partial charge in [0.15, 0.2) is 0 Å². The van der Waals surface area contributed by atoms with Crippen LogP contribution in [-0.4, -0.2) is 11.7 Å². The molecule has 90 valence electrons. The van der Waals surface area contributed by atoms with Crippen molar-refractivity contribution >= 4 is 15.9 Å². The molecule has 0 aromatic heterocycles. The average Bonchev–Trinajstić information content (AvgIpc) is 2.31. The van der Waals surface area contributed by atoms with Crippen molar-refractivity contribution in [2.45, 2.75) is 38.7 Å². The summed E-state index contributed by atoms with van der Waals surface area (Å²) in [5.41, 5.74) is 7.64. The van der Waals surface area contributed by atoms with Crippen LogP contribution in [0.3, 0.4) is 0 Å². The second kappa shape index (κ2) is 6.38. The average molecular weight is 286 g/mol. The summed E-state index contributed by atoms with van der Waals surface area (Å²) in [4.78, 5) is 0. The van der Waals surface area contributed by atoms with Crippen molar-refractivity contribution in [2.24, 2.45) is 5.73 Å². The van der Waals surface area contributed by atoms with E-state index < -0.39 is 6.10 Å². The molecule has 16 heavy (non-hydrogen) atoms. The fourth-order valence-electron chi connectivity index (χ4n) is 1.95. The van der Waals surface area contributed by atoms with Crippen LogP contribution in [0.4, 0.5) is 0 Å². The van der Waals surface area contributed by atoms with Crippen LogP contribution >= 0.6 is 15.9 Å². The number of aliphatic hydroxyl groups is 1. The van der Waals surface area contributed by atoms with E-state index >= 15 is 0 Å². The fraction of sp³-hybridized carbons (Fsp3) is 0.538. The third-order valence-electron chi connectivity index (χ3n) is 3.06. The van der Waals surface area contributed by atoms with E-state index in [1.807, 2.05) is 12.1 Å². The Labute approximate surface area is 106 Å². The number of nitrogens with two attached hydrogens (primary N) is 1. The lowest BCUT2D eigenvalue weighted by Gasteiger charge is -2.17. The molecule has 1 atom stereocenters. The Morgan fingerprint density at radius 2 is 1.94 bits per heavy atom.